The highest BCUT2D eigenvalue weighted by molar-refractivity contribution is 5.03. The summed E-state index contributed by atoms with van der Waals surface area (Å²) < 4.78 is 1.99. The standard InChI is InChI=1S/C14H25N3/c1-3-17-11-13(10-16-17)9-15-12(2)14-7-5-4-6-8-14/h10-12,14-15H,3-9H2,1-2H3/t12-/m0/s1. The number of aryl methyl sites for hydroxylation is 1. The normalized spacial score (nSPS) is 19.4. The average Bonchev–Trinajstić information content (AvgIpc) is 2.85. The molecule has 1 fully saturated rings. The molecular formula is C14H25N3. The van der Waals surface area contributed by atoms with Crippen molar-refractivity contribution >= 4 is 0 Å². The fourth-order valence-electron chi connectivity index (χ4n) is 2.75. The lowest BCUT2D eigenvalue weighted by atomic mass is 9.84. The quantitative estimate of drug-likeness (QED) is 0.850. The maximum absolute atomic E-state index is 4.30. The van der Waals surface area contributed by atoms with Gasteiger partial charge >= 0.3 is 0 Å². The predicted octanol–water partition coefficient (Wildman–Crippen LogP) is 2.96. The molecule has 1 saturated carbocycles. The Morgan fingerprint density at radius 3 is 2.82 bits per heavy atom. The number of rotatable bonds is 5. The van der Waals surface area contributed by atoms with Gasteiger partial charge in [-0.1, -0.05) is 19.3 Å². The Morgan fingerprint density at radius 2 is 2.18 bits per heavy atom. The van der Waals surface area contributed by atoms with Crippen LogP contribution in [0.2, 0.25) is 0 Å². The number of nitrogens with one attached hydrogen (secondary N) is 1. The number of aromatic nitrogens is 2. The minimum absolute atomic E-state index is 0.639. The van der Waals surface area contributed by atoms with Gasteiger partial charge < -0.3 is 5.32 Å². The third-order valence-electron chi connectivity index (χ3n) is 4.00. The summed E-state index contributed by atoms with van der Waals surface area (Å²) in [4.78, 5) is 0. The van der Waals surface area contributed by atoms with Gasteiger partial charge in [-0.15, -0.1) is 0 Å². The molecule has 1 heterocycles. The third-order valence-corrected chi connectivity index (χ3v) is 4.00. The van der Waals surface area contributed by atoms with Gasteiger partial charge in [0.25, 0.3) is 0 Å². The lowest BCUT2D eigenvalue weighted by molar-refractivity contribution is 0.280. The second kappa shape index (κ2) is 6.20. The van der Waals surface area contributed by atoms with Gasteiger partial charge in [-0.2, -0.15) is 5.10 Å². The van der Waals surface area contributed by atoms with E-state index in [9.17, 15) is 0 Å². The first-order valence-corrected chi connectivity index (χ1v) is 7.04. The van der Waals surface area contributed by atoms with Gasteiger partial charge in [0.15, 0.2) is 0 Å². The molecule has 0 saturated heterocycles. The lowest BCUT2D eigenvalue weighted by Crippen LogP contribution is -2.34. The van der Waals surface area contributed by atoms with E-state index in [0.717, 1.165) is 19.0 Å². The second-order valence-corrected chi connectivity index (χ2v) is 5.27. The van der Waals surface area contributed by atoms with Gasteiger partial charge in [-0.05, 0) is 32.6 Å². The Hall–Kier alpha value is -0.830. The Morgan fingerprint density at radius 1 is 1.41 bits per heavy atom. The van der Waals surface area contributed by atoms with Crippen molar-refractivity contribution in [2.75, 3.05) is 0 Å². The molecule has 0 unspecified atom stereocenters. The molecule has 1 atom stereocenters. The van der Waals surface area contributed by atoms with Gasteiger partial charge in [-0.25, -0.2) is 0 Å². The molecule has 1 aromatic heterocycles. The van der Waals surface area contributed by atoms with E-state index in [0.29, 0.717) is 6.04 Å². The molecular weight excluding hydrogens is 210 g/mol. The minimum atomic E-state index is 0.639. The molecule has 0 spiro atoms. The van der Waals surface area contributed by atoms with Crippen LogP contribution in [0.15, 0.2) is 12.4 Å². The van der Waals surface area contributed by atoms with E-state index in [1.165, 1.54) is 37.7 Å². The van der Waals surface area contributed by atoms with Crippen LogP contribution in [0.5, 0.6) is 0 Å². The molecule has 0 bridgehead atoms. The zero-order chi connectivity index (χ0) is 12.1. The highest BCUT2D eigenvalue weighted by Gasteiger charge is 2.19. The molecule has 0 amide bonds. The molecule has 96 valence electrons. The van der Waals surface area contributed by atoms with Gasteiger partial charge in [-0.3, -0.25) is 4.68 Å². The van der Waals surface area contributed by atoms with Crippen LogP contribution < -0.4 is 5.32 Å². The van der Waals surface area contributed by atoms with Crippen molar-refractivity contribution in [2.45, 2.75) is 65.1 Å². The minimum Gasteiger partial charge on any atom is -0.310 e. The second-order valence-electron chi connectivity index (χ2n) is 5.27. The summed E-state index contributed by atoms with van der Waals surface area (Å²) in [6.45, 7) is 6.37. The van der Waals surface area contributed by atoms with E-state index in [1.54, 1.807) is 0 Å². The Labute approximate surface area is 105 Å². The molecule has 1 aromatic rings. The van der Waals surface area contributed by atoms with Crippen molar-refractivity contribution in [3.8, 4) is 0 Å². The topological polar surface area (TPSA) is 29.9 Å². The number of hydrogen-bond acceptors (Lipinski definition) is 2. The van der Waals surface area contributed by atoms with Crippen molar-refractivity contribution in [1.82, 2.24) is 15.1 Å². The van der Waals surface area contributed by atoms with E-state index >= 15 is 0 Å². The maximum Gasteiger partial charge on any atom is 0.0534 e. The molecule has 17 heavy (non-hydrogen) atoms. The fourth-order valence-corrected chi connectivity index (χ4v) is 2.75. The Balaban J connectivity index is 1.76. The van der Waals surface area contributed by atoms with Gasteiger partial charge in [0.2, 0.25) is 0 Å². The molecule has 0 aromatic carbocycles. The van der Waals surface area contributed by atoms with Crippen molar-refractivity contribution in [1.29, 1.82) is 0 Å². The zero-order valence-corrected chi connectivity index (χ0v) is 11.2. The lowest BCUT2D eigenvalue weighted by Gasteiger charge is -2.28. The van der Waals surface area contributed by atoms with Crippen molar-refractivity contribution in [3.63, 3.8) is 0 Å². The summed E-state index contributed by atoms with van der Waals surface area (Å²) in [5.74, 6) is 0.880. The van der Waals surface area contributed by atoms with Gasteiger partial charge in [0.1, 0.15) is 0 Å². The fraction of sp³-hybridized carbons (Fsp3) is 0.786. The molecule has 0 radical (unpaired) electrons. The number of hydrogen-bond donors (Lipinski definition) is 1. The first-order chi connectivity index (χ1) is 8.29. The van der Waals surface area contributed by atoms with Crippen LogP contribution in [-0.4, -0.2) is 15.8 Å². The maximum atomic E-state index is 4.30. The molecule has 3 nitrogen and oxygen atoms in total. The van der Waals surface area contributed by atoms with E-state index in [2.05, 4.69) is 30.5 Å². The summed E-state index contributed by atoms with van der Waals surface area (Å²) >= 11 is 0. The zero-order valence-electron chi connectivity index (χ0n) is 11.2. The molecule has 0 aliphatic heterocycles. The van der Waals surface area contributed by atoms with E-state index in [4.69, 9.17) is 0 Å². The molecule has 1 aliphatic carbocycles. The highest BCUT2D eigenvalue weighted by Crippen LogP contribution is 2.26. The Kier molecular flexibility index (Phi) is 4.60. The largest absolute Gasteiger partial charge is 0.310 e. The van der Waals surface area contributed by atoms with Crippen molar-refractivity contribution in [3.05, 3.63) is 18.0 Å². The predicted molar refractivity (Wildman–Crippen MR) is 70.8 cm³/mol. The Bertz CT molecular complexity index is 326. The van der Waals surface area contributed by atoms with Gasteiger partial charge in [0, 0.05) is 30.9 Å². The van der Waals surface area contributed by atoms with Crippen LogP contribution in [0.1, 0.15) is 51.5 Å². The molecule has 3 heteroatoms. The van der Waals surface area contributed by atoms with Crippen molar-refractivity contribution in [2.24, 2.45) is 5.92 Å². The molecule has 1 aliphatic rings. The summed E-state index contributed by atoms with van der Waals surface area (Å²) in [6, 6.07) is 0.639. The first-order valence-electron chi connectivity index (χ1n) is 7.04. The smallest absolute Gasteiger partial charge is 0.0534 e. The summed E-state index contributed by atoms with van der Waals surface area (Å²) in [5.41, 5.74) is 1.30. The van der Waals surface area contributed by atoms with Crippen LogP contribution in [-0.2, 0) is 13.1 Å². The summed E-state index contributed by atoms with van der Waals surface area (Å²) in [7, 11) is 0. The SMILES string of the molecule is CCn1cc(CN[C@@H](C)C2CCCCC2)cn1. The van der Waals surface area contributed by atoms with Crippen LogP contribution in [0, 0.1) is 5.92 Å². The van der Waals surface area contributed by atoms with Crippen LogP contribution in [0.3, 0.4) is 0 Å². The average molecular weight is 235 g/mol. The summed E-state index contributed by atoms with van der Waals surface area (Å²) in [6.07, 6.45) is 11.2. The summed E-state index contributed by atoms with van der Waals surface area (Å²) in [5, 5.41) is 7.95. The van der Waals surface area contributed by atoms with Crippen LogP contribution in [0.25, 0.3) is 0 Å². The third kappa shape index (κ3) is 3.56. The van der Waals surface area contributed by atoms with Gasteiger partial charge in [0.05, 0.1) is 6.20 Å². The van der Waals surface area contributed by atoms with Crippen LogP contribution in [0.4, 0.5) is 0 Å². The van der Waals surface area contributed by atoms with Crippen LogP contribution >= 0.6 is 0 Å². The monoisotopic (exact) mass is 235 g/mol. The van der Waals surface area contributed by atoms with E-state index in [1.807, 2.05) is 10.9 Å². The first kappa shape index (κ1) is 12.6. The molecule has 1 N–H and O–H groups in total. The molecule has 2 rings (SSSR count). The van der Waals surface area contributed by atoms with E-state index < -0.39 is 0 Å². The van der Waals surface area contributed by atoms with Crippen molar-refractivity contribution < 1.29 is 0 Å². The van der Waals surface area contributed by atoms with E-state index in [-0.39, 0.29) is 0 Å². The highest BCUT2D eigenvalue weighted by atomic mass is 15.3. The number of nitrogens with zero attached hydrogens (tertiary/aromatic N) is 2.